The fourth-order valence-electron chi connectivity index (χ4n) is 3.36. The van der Waals surface area contributed by atoms with Gasteiger partial charge in [0.1, 0.15) is 0 Å². The summed E-state index contributed by atoms with van der Waals surface area (Å²) in [7, 11) is 1.67. The molecule has 8 nitrogen and oxygen atoms in total. The van der Waals surface area contributed by atoms with E-state index < -0.39 is 5.91 Å². The number of piperidine rings is 1. The zero-order valence-electron chi connectivity index (χ0n) is 16.0. The van der Waals surface area contributed by atoms with Crippen molar-refractivity contribution >= 4 is 11.8 Å². The number of carbonyl (C=O) groups is 2. The van der Waals surface area contributed by atoms with Crippen LogP contribution >= 0.6 is 0 Å². The summed E-state index contributed by atoms with van der Waals surface area (Å²) in [5.74, 6) is -0.189. The van der Waals surface area contributed by atoms with Crippen LogP contribution in [0.4, 0.5) is 0 Å². The number of nitrogens with zero attached hydrogens (tertiary/aromatic N) is 1. The number of aromatic nitrogens is 1. The molecule has 2 aromatic rings. The maximum atomic E-state index is 12.2. The maximum absolute atomic E-state index is 12.2. The molecule has 150 valence electrons. The van der Waals surface area contributed by atoms with Crippen molar-refractivity contribution in [2.45, 2.75) is 12.8 Å². The maximum Gasteiger partial charge on any atom is 0.273 e. The monoisotopic (exact) mass is 386 g/mol. The van der Waals surface area contributed by atoms with E-state index >= 15 is 0 Å². The minimum absolute atomic E-state index is 0.0592. The summed E-state index contributed by atoms with van der Waals surface area (Å²) in [6.45, 7) is 2.83. The highest BCUT2D eigenvalue weighted by Gasteiger charge is 2.32. The van der Waals surface area contributed by atoms with E-state index in [1.807, 2.05) is 30.3 Å². The Labute approximate surface area is 164 Å². The molecule has 0 atom stereocenters. The molecule has 1 fully saturated rings. The van der Waals surface area contributed by atoms with Gasteiger partial charge >= 0.3 is 0 Å². The Morgan fingerprint density at radius 3 is 2.68 bits per heavy atom. The zero-order valence-corrected chi connectivity index (χ0v) is 16.0. The van der Waals surface area contributed by atoms with Crippen molar-refractivity contribution in [1.29, 1.82) is 0 Å². The number of hydrogen-bond donors (Lipinski definition) is 3. The fraction of sp³-hybridized carbons (Fsp3) is 0.450. The summed E-state index contributed by atoms with van der Waals surface area (Å²) < 4.78 is 10.6. The van der Waals surface area contributed by atoms with E-state index in [9.17, 15) is 9.59 Å². The number of rotatable bonds is 8. The number of nitrogens with one attached hydrogen (secondary N) is 3. The minimum Gasteiger partial charge on any atom is -0.384 e. The van der Waals surface area contributed by atoms with Crippen LogP contribution in [0, 0.1) is 5.41 Å². The molecule has 0 spiro atoms. The highest BCUT2D eigenvalue weighted by molar-refractivity contribution is 5.95. The molecular weight excluding hydrogens is 360 g/mol. The van der Waals surface area contributed by atoms with Crippen molar-refractivity contribution in [1.82, 2.24) is 21.1 Å². The molecule has 0 unspecified atom stereocenters. The largest absolute Gasteiger partial charge is 0.384 e. The Bertz CT molecular complexity index is 779. The van der Waals surface area contributed by atoms with Crippen molar-refractivity contribution in [3.8, 4) is 11.3 Å². The molecule has 1 aromatic carbocycles. The molecule has 1 saturated heterocycles. The van der Waals surface area contributed by atoms with Gasteiger partial charge < -0.3 is 25.2 Å². The van der Waals surface area contributed by atoms with E-state index in [2.05, 4.69) is 21.1 Å². The second-order valence-electron chi connectivity index (χ2n) is 7.08. The van der Waals surface area contributed by atoms with Crippen molar-refractivity contribution in [2.75, 3.05) is 39.9 Å². The summed E-state index contributed by atoms with van der Waals surface area (Å²) in [5, 5.41) is 12.6. The quantitative estimate of drug-likeness (QED) is 0.630. The molecule has 3 N–H and O–H groups in total. The molecule has 8 heteroatoms. The van der Waals surface area contributed by atoms with Gasteiger partial charge in [0.05, 0.1) is 13.2 Å². The average Bonchev–Trinajstić information content (AvgIpc) is 3.23. The van der Waals surface area contributed by atoms with Gasteiger partial charge in [-0.2, -0.15) is 0 Å². The second-order valence-corrected chi connectivity index (χ2v) is 7.08. The average molecular weight is 386 g/mol. The molecule has 3 rings (SSSR count). The Morgan fingerprint density at radius 2 is 1.96 bits per heavy atom. The molecule has 0 radical (unpaired) electrons. The van der Waals surface area contributed by atoms with Crippen molar-refractivity contribution in [2.24, 2.45) is 5.41 Å². The third kappa shape index (κ3) is 5.17. The Balaban J connectivity index is 1.48. The Kier molecular flexibility index (Phi) is 6.78. The van der Waals surface area contributed by atoms with Gasteiger partial charge in [-0.15, -0.1) is 0 Å². The van der Waals surface area contributed by atoms with E-state index in [0.29, 0.717) is 18.9 Å². The van der Waals surface area contributed by atoms with Crippen LogP contribution in [0.2, 0.25) is 0 Å². The van der Waals surface area contributed by atoms with Crippen LogP contribution in [0.15, 0.2) is 40.9 Å². The van der Waals surface area contributed by atoms with Gasteiger partial charge in [-0.3, -0.25) is 9.59 Å². The first-order valence-electron chi connectivity index (χ1n) is 9.39. The lowest BCUT2D eigenvalue weighted by atomic mass is 9.79. The number of carbonyl (C=O) groups excluding carboxylic acids is 2. The van der Waals surface area contributed by atoms with E-state index in [1.165, 1.54) is 0 Å². The molecule has 1 aromatic heterocycles. The topological polar surface area (TPSA) is 105 Å². The number of amides is 2. The third-order valence-corrected chi connectivity index (χ3v) is 4.99. The lowest BCUT2D eigenvalue weighted by molar-refractivity contribution is -0.121. The number of methoxy groups -OCH3 is 1. The Morgan fingerprint density at radius 1 is 1.21 bits per heavy atom. The van der Waals surface area contributed by atoms with E-state index in [1.54, 1.807) is 13.2 Å². The van der Waals surface area contributed by atoms with Crippen molar-refractivity contribution < 1.29 is 18.8 Å². The lowest BCUT2D eigenvalue weighted by Gasteiger charge is -2.37. The predicted octanol–water partition coefficient (Wildman–Crippen LogP) is 1.20. The Hall–Kier alpha value is -2.71. The summed E-state index contributed by atoms with van der Waals surface area (Å²) in [5.41, 5.74) is 0.911. The van der Waals surface area contributed by atoms with Crippen LogP contribution < -0.4 is 16.0 Å². The fourth-order valence-corrected chi connectivity index (χ4v) is 3.36. The standard InChI is InChI=1S/C20H26N4O4/c1-27-14-20(7-9-21-10-8-20)13-23-18(25)12-22-19(26)16-11-17(28-24-16)15-5-3-2-4-6-15/h2-6,11,21H,7-10,12-14H2,1H3,(H,22,26)(H,23,25). The van der Waals surface area contributed by atoms with Gasteiger partial charge in [0, 0.05) is 30.7 Å². The number of hydrogen-bond acceptors (Lipinski definition) is 6. The lowest BCUT2D eigenvalue weighted by Crippen LogP contribution is -2.48. The third-order valence-electron chi connectivity index (χ3n) is 4.99. The van der Waals surface area contributed by atoms with Crippen LogP contribution in [0.5, 0.6) is 0 Å². The molecule has 2 amide bonds. The molecule has 0 saturated carbocycles. The van der Waals surface area contributed by atoms with Crippen LogP contribution in [-0.4, -0.2) is 56.9 Å². The van der Waals surface area contributed by atoms with E-state index in [-0.39, 0.29) is 23.6 Å². The van der Waals surface area contributed by atoms with Gasteiger partial charge in [0.25, 0.3) is 5.91 Å². The SMILES string of the molecule is COCC1(CNC(=O)CNC(=O)c2cc(-c3ccccc3)on2)CCNCC1. The molecule has 2 heterocycles. The van der Waals surface area contributed by atoms with Gasteiger partial charge in [-0.25, -0.2) is 0 Å². The summed E-state index contributed by atoms with van der Waals surface area (Å²) in [6.07, 6.45) is 1.88. The highest BCUT2D eigenvalue weighted by atomic mass is 16.5. The van der Waals surface area contributed by atoms with E-state index in [4.69, 9.17) is 9.26 Å². The molecule has 28 heavy (non-hydrogen) atoms. The van der Waals surface area contributed by atoms with Crippen LogP contribution in [-0.2, 0) is 9.53 Å². The first kappa shape index (κ1) is 20.0. The van der Waals surface area contributed by atoms with Gasteiger partial charge in [0.2, 0.25) is 5.91 Å². The summed E-state index contributed by atoms with van der Waals surface area (Å²) in [4.78, 5) is 24.4. The normalized spacial score (nSPS) is 15.8. The van der Waals surface area contributed by atoms with Crippen LogP contribution in [0.1, 0.15) is 23.3 Å². The smallest absolute Gasteiger partial charge is 0.273 e. The van der Waals surface area contributed by atoms with Crippen LogP contribution in [0.25, 0.3) is 11.3 Å². The first-order valence-corrected chi connectivity index (χ1v) is 9.39. The van der Waals surface area contributed by atoms with E-state index in [0.717, 1.165) is 31.5 Å². The van der Waals surface area contributed by atoms with Gasteiger partial charge in [-0.05, 0) is 25.9 Å². The first-order chi connectivity index (χ1) is 13.6. The molecule has 0 aliphatic carbocycles. The number of ether oxygens (including phenoxy) is 1. The molecule has 0 bridgehead atoms. The molecule has 1 aliphatic rings. The summed E-state index contributed by atoms with van der Waals surface area (Å²) >= 11 is 0. The number of benzene rings is 1. The zero-order chi connectivity index (χ0) is 19.8. The minimum atomic E-state index is -0.449. The highest BCUT2D eigenvalue weighted by Crippen LogP contribution is 2.28. The molecule has 1 aliphatic heterocycles. The van der Waals surface area contributed by atoms with Crippen molar-refractivity contribution in [3.63, 3.8) is 0 Å². The van der Waals surface area contributed by atoms with Crippen LogP contribution in [0.3, 0.4) is 0 Å². The van der Waals surface area contributed by atoms with Crippen molar-refractivity contribution in [3.05, 3.63) is 42.1 Å². The van der Waals surface area contributed by atoms with Gasteiger partial charge in [0.15, 0.2) is 11.5 Å². The predicted molar refractivity (Wildman–Crippen MR) is 104 cm³/mol. The molecular formula is C20H26N4O4. The van der Waals surface area contributed by atoms with Gasteiger partial charge in [-0.1, -0.05) is 35.5 Å². The summed E-state index contributed by atoms with van der Waals surface area (Å²) in [6, 6.07) is 10.9. The second kappa shape index (κ2) is 9.48.